The van der Waals surface area contributed by atoms with Gasteiger partial charge in [-0.05, 0) is 45.1 Å². The Bertz CT molecular complexity index is 195. The van der Waals surface area contributed by atoms with Gasteiger partial charge in [0.2, 0.25) is 0 Å². The van der Waals surface area contributed by atoms with Crippen LogP contribution in [0, 0.1) is 5.92 Å². The van der Waals surface area contributed by atoms with E-state index in [4.69, 9.17) is 0 Å². The highest BCUT2D eigenvalue weighted by atomic mass is 32.2. The molecular formula is C15H31NS. The topological polar surface area (TPSA) is 12.0 Å². The largest absolute Gasteiger partial charge is 0.314 e. The minimum Gasteiger partial charge on any atom is -0.314 e. The lowest BCUT2D eigenvalue weighted by atomic mass is 9.91. The van der Waals surface area contributed by atoms with Gasteiger partial charge in [0, 0.05) is 16.5 Å². The zero-order chi connectivity index (χ0) is 12.7. The fraction of sp³-hybridized carbons (Fsp3) is 1.00. The SMILES string of the molecule is CCCNC(C)CC(C)SC1CCCC(C)C1. The van der Waals surface area contributed by atoms with E-state index in [1.165, 1.54) is 45.1 Å². The third-order valence-corrected chi connectivity index (χ3v) is 5.21. The maximum absolute atomic E-state index is 3.60. The highest BCUT2D eigenvalue weighted by Crippen LogP contribution is 2.35. The van der Waals surface area contributed by atoms with Crippen LogP contribution in [0.1, 0.15) is 66.2 Å². The van der Waals surface area contributed by atoms with Gasteiger partial charge in [-0.3, -0.25) is 0 Å². The second kappa shape index (κ2) is 8.42. The Hall–Kier alpha value is 0.310. The molecule has 1 saturated carbocycles. The van der Waals surface area contributed by atoms with Crippen LogP contribution >= 0.6 is 11.8 Å². The van der Waals surface area contributed by atoms with Crippen molar-refractivity contribution in [2.75, 3.05) is 6.54 Å². The van der Waals surface area contributed by atoms with E-state index in [0.717, 1.165) is 16.4 Å². The number of hydrogen-bond acceptors (Lipinski definition) is 2. The van der Waals surface area contributed by atoms with Crippen molar-refractivity contribution >= 4 is 11.8 Å². The first-order valence-electron chi connectivity index (χ1n) is 7.50. The molecule has 0 saturated heterocycles. The third kappa shape index (κ3) is 6.71. The second-order valence-corrected chi connectivity index (χ2v) is 7.67. The van der Waals surface area contributed by atoms with Gasteiger partial charge < -0.3 is 5.32 Å². The average Bonchev–Trinajstić information content (AvgIpc) is 2.26. The summed E-state index contributed by atoms with van der Waals surface area (Å²) < 4.78 is 0. The highest BCUT2D eigenvalue weighted by molar-refractivity contribution is 8.00. The van der Waals surface area contributed by atoms with Gasteiger partial charge >= 0.3 is 0 Å². The summed E-state index contributed by atoms with van der Waals surface area (Å²) in [6.07, 6.45) is 8.37. The Morgan fingerprint density at radius 3 is 2.71 bits per heavy atom. The van der Waals surface area contributed by atoms with Crippen molar-refractivity contribution in [3.8, 4) is 0 Å². The van der Waals surface area contributed by atoms with Crippen LogP contribution in [0.15, 0.2) is 0 Å². The van der Waals surface area contributed by atoms with Crippen molar-refractivity contribution in [1.29, 1.82) is 0 Å². The zero-order valence-corrected chi connectivity index (χ0v) is 13.0. The van der Waals surface area contributed by atoms with Crippen molar-refractivity contribution in [2.45, 2.75) is 82.8 Å². The van der Waals surface area contributed by atoms with Gasteiger partial charge in [-0.1, -0.05) is 33.6 Å². The summed E-state index contributed by atoms with van der Waals surface area (Å²) >= 11 is 2.25. The van der Waals surface area contributed by atoms with Crippen LogP contribution in [0.2, 0.25) is 0 Å². The predicted molar refractivity (Wildman–Crippen MR) is 80.8 cm³/mol. The first kappa shape index (κ1) is 15.4. The number of nitrogens with one attached hydrogen (secondary N) is 1. The summed E-state index contributed by atoms with van der Waals surface area (Å²) in [5.41, 5.74) is 0. The average molecular weight is 257 g/mol. The summed E-state index contributed by atoms with van der Waals surface area (Å²) in [5.74, 6) is 0.962. The molecule has 1 fully saturated rings. The van der Waals surface area contributed by atoms with Crippen molar-refractivity contribution in [1.82, 2.24) is 5.32 Å². The van der Waals surface area contributed by atoms with Gasteiger partial charge in [0.1, 0.15) is 0 Å². The van der Waals surface area contributed by atoms with Gasteiger partial charge in [-0.25, -0.2) is 0 Å². The first-order chi connectivity index (χ1) is 8.11. The Labute approximate surface area is 113 Å². The summed E-state index contributed by atoms with van der Waals surface area (Å²) in [6, 6.07) is 0.679. The minimum atomic E-state index is 0.679. The van der Waals surface area contributed by atoms with Gasteiger partial charge in [0.15, 0.2) is 0 Å². The van der Waals surface area contributed by atoms with E-state index in [9.17, 15) is 0 Å². The highest BCUT2D eigenvalue weighted by Gasteiger charge is 2.21. The molecule has 1 aliphatic carbocycles. The molecule has 102 valence electrons. The monoisotopic (exact) mass is 257 g/mol. The third-order valence-electron chi connectivity index (χ3n) is 3.74. The lowest BCUT2D eigenvalue weighted by molar-refractivity contribution is 0.393. The van der Waals surface area contributed by atoms with E-state index in [0.29, 0.717) is 6.04 Å². The van der Waals surface area contributed by atoms with Gasteiger partial charge in [0.05, 0.1) is 0 Å². The Morgan fingerprint density at radius 1 is 1.29 bits per heavy atom. The van der Waals surface area contributed by atoms with E-state index in [1.54, 1.807) is 0 Å². The second-order valence-electron chi connectivity index (χ2n) is 5.93. The predicted octanol–water partition coefficient (Wildman–Crippen LogP) is 4.47. The van der Waals surface area contributed by atoms with Crippen LogP contribution in [-0.4, -0.2) is 23.1 Å². The van der Waals surface area contributed by atoms with E-state index in [2.05, 4.69) is 44.8 Å². The van der Waals surface area contributed by atoms with Crippen molar-refractivity contribution in [2.24, 2.45) is 5.92 Å². The van der Waals surface area contributed by atoms with Crippen molar-refractivity contribution < 1.29 is 0 Å². The molecule has 4 atom stereocenters. The van der Waals surface area contributed by atoms with Crippen molar-refractivity contribution in [3.05, 3.63) is 0 Å². The van der Waals surface area contributed by atoms with Gasteiger partial charge in [-0.15, -0.1) is 0 Å². The Morgan fingerprint density at radius 2 is 2.06 bits per heavy atom. The van der Waals surface area contributed by atoms with Crippen LogP contribution in [0.25, 0.3) is 0 Å². The van der Waals surface area contributed by atoms with Crippen LogP contribution in [0.3, 0.4) is 0 Å². The number of rotatable bonds is 7. The van der Waals surface area contributed by atoms with Crippen molar-refractivity contribution in [3.63, 3.8) is 0 Å². The molecule has 2 heteroatoms. The molecule has 17 heavy (non-hydrogen) atoms. The Balaban J connectivity index is 2.16. The molecule has 0 amide bonds. The van der Waals surface area contributed by atoms with E-state index < -0.39 is 0 Å². The molecule has 0 aromatic heterocycles. The number of thioether (sulfide) groups is 1. The standard InChI is InChI=1S/C15H31NS/c1-5-9-16-13(3)11-14(4)17-15-8-6-7-12(2)10-15/h12-16H,5-11H2,1-4H3. The fourth-order valence-corrected chi connectivity index (χ4v) is 4.66. The van der Waals surface area contributed by atoms with Gasteiger partial charge in [0.25, 0.3) is 0 Å². The molecule has 1 nitrogen and oxygen atoms in total. The molecule has 0 aliphatic heterocycles. The number of hydrogen-bond donors (Lipinski definition) is 1. The molecule has 0 aromatic rings. The molecule has 0 spiro atoms. The minimum absolute atomic E-state index is 0.679. The normalized spacial score (nSPS) is 28.9. The van der Waals surface area contributed by atoms with Gasteiger partial charge in [-0.2, -0.15) is 11.8 Å². The molecule has 1 N–H and O–H groups in total. The van der Waals surface area contributed by atoms with Crippen LogP contribution in [-0.2, 0) is 0 Å². The smallest absolute Gasteiger partial charge is 0.00522 e. The molecule has 0 radical (unpaired) electrons. The maximum atomic E-state index is 3.60. The first-order valence-corrected chi connectivity index (χ1v) is 8.45. The molecule has 0 heterocycles. The van der Waals surface area contributed by atoms with Crippen LogP contribution in [0.5, 0.6) is 0 Å². The Kier molecular flexibility index (Phi) is 7.61. The lowest BCUT2D eigenvalue weighted by Gasteiger charge is -2.29. The summed E-state index contributed by atoms with van der Waals surface area (Å²) in [7, 11) is 0. The van der Waals surface area contributed by atoms with E-state index in [1.807, 2.05) is 0 Å². The van der Waals surface area contributed by atoms with E-state index in [-0.39, 0.29) is 0 Å². The molecule has 1 rings (SSSR count). The lowest BCUT2D eigenvalue weighted by Crippen LogP contribution is -2.30. The molecular weight excluding hydrogens is 226 g/mol. The molecule has 4 unspecified atom stereocenters. The van der Waals surface area contributed by atoms with Crippen LogP contribution in [0.4, 0.5) is 0 Å². The zero-order valence-electron chi connectivity index (χ0n) is 12.2. The van der Waals surface area contributed by atoms with Crippen LogP contribution < -0.4 is 5.32 Å². The summed E-state index contributed by atoms with van der Waals surface area (Å²) in [6.45, 7) is 10.6. The van der Waals surface area contributed by atoms with E-state index >= 15 is 0 Å². The molecule has 0 bridgehead atoms. The molecule has 0 aromatic carbocycles. The quantitative estimate of drug-likeness (QED) is 0.722. The fourth-order valence-electron chi connectivity index (χ4n) is 2.86. The molecule has 1 aliphatic rings. The summed E-state index contributed by atoms with van der Waals surface area (Å²) in [4.78, 5) is 0. The summed E-state index contributed by atoms with van der Waals surface area (Å²) in [5, 5.41) is 5.34. The maximum Gasteiger partial charge on any atom is 0.00522 e.